The number of hydrogen-bond acceptors (Lipinski definition) is 9. The molecule has 0 amide bonds. The van der Waals surface area contributed by atoms with Crippen LogP contribution in [0.1, 0.15) is 0 Å². The molecular weight excluding hydrogens is 277 g/mol. The van der Waals surface area contributed by atoms with Crippen LogP contribution >= 0.6 is 0 Å². The largest absolute Gasteiger partial charge is 3.00 e. The zero-order valence-electron chi connectivity index (χ0n) is 5.52. The van der Waals surface area contributed by atoms with Crippen molar-refractivity contribution in [3.63, 3.8) is 0 Å². The van der Waals surface area contributed by atoms with Gasteiger partial charge in [0.05, 0.1) is 15.3 Å². The van der Waals surface area contributed by atoms with E-state index >= 15 is 0 Å². The van der Waals surface area contributed by atoms with Gasteiger partial charge in [0.15, 0.2) is 0 Å². The molecule has 0 spiro atoms. The molecule has 0 aliphatic rings. The fourth-order valence-electron chi connectivity index (χ4n) is 0. The molecule has 0 rings (SSSR count). The van der Waals surface area contributed by atoms with Crippen molar-refractivity contribution in [1.29, 1.82) is 0 Å². The molecule has 1 radical (unpaired) electrons. The smallest absolute Gasteiger partial charge is 0.356 e. The van der Waals surface area contributed by atoms with Gasteiger partial charge in [-0.1, -0.05) is 0 Å². The second-order valence-electron chi connectivity index (χ2n) is 0.671. The van der Waals surface area contributed by atoms with Crippen LogP contribution in [0.5, 0.6) is 0 Å². The number of nitrogens with zero attached hydrogens (tertiary/aromatic N) is 3. The van der Waals surface area contributed by atoms with E-state index in [9.17, 15) is 0 Å². The Labute approximate surface area is 87.8 Å². The molecule has 0 aromatic rings. The van der Waals surface area contributed by atoms with Crippen LogP contribution < -0.4 is 0 Å². The Morgan fingerprint density at radius 2 is 0.538 bits per heavy atom. The summed E-state index contributed by atoms with van der Waals surface area (Å²) in [6.45, 7) is 0. The molecule has 0 atom stereocenters. The van der Waals surface area contributed by atoms with Gasteiger partial charge in [-0.25, -0.2) is 0 Å². The minimum Gasteiger partial charge on any atom is -0.356 e. The molecule has 0 aromatic carbocycles. The summed E-state index contributed by atoms with van der Waals surface area (Å²) in [6.07, 6.45) is 0. The van der Waals surface area contributed by atoms with Crippen molar-refractivity contribution in [2.24, 2.45) is 0 Å². The van der Waals surface area contributed by atoms with E-state index in [0.717, 1.165) is 0 Å². The van der Waals surface area contributed by atoms with Crippen LogP contribution in [0.3, 0.4) is 0 Å². The molecule has 0 bridgehead atoms. The average Bonchev–Trinajstić information content (AvgIpc) is 1.54. The SMILES string of the molecule is O=[N+]([O-])[O-].O=[N+]([O-])[O-].O=[N+]([O-])[O-].[Zr+3]. The van der Waals surface area contributed by atoms with E-state index < -0.39 is 15.3 Å². The second kappa shape index (κ2) is 16.8. The molecule has 73 valence electrons. The molecule has 0 aliphatic carbocycles. The maximum atomic E-state index is 8.25. The summed E-state index contributed by atoms with van der Waals surface area (Å²) in [5.74, 6) is 0. The summed E-state index contributed by atoms with van der Waals surface area (Å²) >= 11 is 0. The molecule has 0 aromatic heterocycles. The first-order chi connectivity index (χ1) is 5.20. The molecule has 0 N–H and O–H groups in total. The quantitative estimate of drug-likeness (QED) is 0.404. The van der Waals surface area contributed by atoms with Gasteiger partial charge in [0, 0.05) is 0 Å². The molecule has 13 heavy (non-hydrogen) atoms. The second-order valence-corrected chi connectivity index (χ2v) is 0.671. The van der Waals surface area contributed by atoms with Crippen LogP contribution in [-0.4, -0.2) is 15.3 Å². The minimum absolute atomic E-state index is 0. The van der Waals surface area contributed by atoms with Crippen LogP contribution in [0.15, 0.2) is 0 Å². The predicted octanol–water partition coefficient (Wildman–Crippen LogP) is -0.720. The zero-order valence-corrected chi connectivity index (χ0v) is 7.97. The molecule has 12 nitrogen and oxygen atoms in total. The van der Waals surface area contributed by atoms with E-state index in [1.165, 1.54) is 0 Å². The van der Waals surface area contributed by atoms with Crippen molar-refractivity contribution in [3.8, 4) is 0 Å². The van der Waals surface area contributed by atoms with Gasteiger partial charge in [0.2, 0.25) is 0 Å². The first kappa shape index (κ1) is 22.5. The summed E-state index contributed by atoms with van der Waals surface area (Å²) in [7, 11) is 0. The monoisotopic (exact) mass is 276 g/mol. The van der Waals surface area contributed by atoms with Gasteiger partial charge < -0.3 is 46.0 Å². The van der Waals surface area contributed by atoms with Crippen LogP contribution in [0.2, 0.25) is 0 Å². The van der Waals surface area contributed by atoms with Crippen LogP contribution in [0, 0.1) is 46.0 Å². The molecular formula is N3O9Zr. The normalized spacial score (nSPS) is 5.54. The molecule has 0 saturated carbocycles. The van der Waals surface area contributed by atoms with Crippen molar-refractivity contribution in [2.75, 3.05) is 0 Å². The summed E-state index contributed by atoms with van der Waals surface area (Å²) in [5.41, 5.74) is 0. The van der Waals surface area contributed by atoms with Crippen LogP contribution in [-0.2, 0) is 26.2 Å². The predicted molar refractivity (Wildman–Crippen MR) is 31.1 cm³/mol. The van der Waals surface area contributed by atoms with Crippen molar-refractivity contribution in [2.45, 2.75) is 0 Å². The fraction of sp³-hybridized carbons (Fsp3) is 0. The molecule has 0 saturated heterocycles. The van der Waals surface area contributed by atoms with Gasteiger partial charge in [-0.3, -0.25) is 0 Å². The zero-order chi connectivity index (χ0) is 10.7. The van der Waals surface area contributed by atoms with Crippen LogP contribution in [0.25, 0.3) is 0 Å². The fourth-order valence-corrected chi connectivity index (χ4v) is 0. The van der Waals surface area contributed by atoms with Gasteiger partial charge in [-0.2, -0.15) is 0 Å². The molecule has 0 fully saturated rings. The third-order valence-electron chi connectivity index (χ3n) is 0. The number of hydrogen-bond donors (Lipinski definition) is 0. The van der Waals surface area contributed by atoms with Crippen molar-refractivity contribution >= 4 is 0 Å². The average molecular weight is 277 g/mol. The van der Waals surface area contributed by atoms with E-state index in [4.69, 9.17) is 46.0 Å². The van der Waals surface area contributed by atoms with Gasteiger partial charge in [-0.05, 0) is 0 Å². The first-order valence-electron chi connectivity index (χ1n) is 1.64. The molecule has 0 aliphatic heterocycles. The topological polar surface area (TPSA) is 199 Å². The van der Waals surface area contributed by atoms with Gasteiger partial charge in [-0.15, -0.1) is 0 Å². The van der Waals surface area contributed by atoms with E-state index in [0.29, 0.717) is 0 Å². The molecule has 13 heteroatoms. The van der Waals surface area contributed by atoms with E-state index in [-0.39, 0.29) is 26.2 Å². The Kier molecular flexibility index (Phi) is 29.2. The Morgan fingerprint density at radius 3 is 0.538 bits per heavy atom. The molecule has 0 heterocycles. The Morgan fingerprint density at radius 1 is 0.538 bits per heavy atom. The maximum Gasteiger partial charge on any atom is 3.00 e. The summed E-state index contributed by atoms with van der Waals surface area (Å²) in [4.78, 5) is 24.8. The van der Waals surface area contributed by atoms with Crippen molar-refractivity contribution in [3.05, 3.63) is 46.0 Å². The van der Waals surface area contributed by atoms with Crippen LogP contribution in [0.4, 0.5) is 0 Å². The summed E-state index contributed by atoms with van der Waals surface area (Å²) < 4.78 is 0. The van der Waals surface area contributed by atoms with Gasteiger partial charge >= 0.3 is 26.2 Å². The summed E-state index contributed by atoms with van der Waals surface area (Å²) in [5, 5.41) is 44.2. The summed E-state index contributed by atoms with van der Waals surface area (Å²) in [6, 6.07) is 0. The van der Waals surface area contributed by atoms with Gasteiger partial charge in [0.1, 0.15) is 0 Å². The number of rotatable bonds is 0. The van der Waals surface area contributed by atoms with Crippen molar-refractivity contribution in [1.82, 2.24) is 0 Å². The third kappa shape index (κ3) is 328. The maximum absolute atomic E-state index is 8.25. The standard InChI is InChI=1S/3NO3.Zr/c3*2-1(3)4;/q3*-1;+3. The molecule has 0 unspecified atom stereocenters. The van der Waals surface area contributed by atoms with Crippen molar-refractivity contribution < 1.29 is 41.5 Å². The van der Waals surface area contributed by atoms with E-state index in [1.807, 2.05) is 0 Å². The Hall–Kier alpha value is -1.52. The Balaban J connectivity index is -0.0000000450. The minimum atomic E-state index is -1.75. The third-order valence-corrected chi connectivity index (χ3v) is 0. The van der Waals surface area contributed by atoms with E-state index in [1.54, 1.807) is 0 Å². The van der Waals surface area contributed by atoms with Gasteiger partial charge in [0.25, 0.3) is 0 Å². The van der Waals surface area contributed by atoms with E-state index in [2.05, 4.69) is 0 Å². The Bertz CT molecular complexity index is 112. The first-order valence-corrected chi connectivity index (χ1v) is 1.64.